The summed E-state index contributed by atoms with van der Waals surface area (Å²) in [6, 6.07) is 7.25. The van der Waals surface area contributed by atoms with Gasteiger partial charge in [0, 0.05) is 5.56 Å². The molecule has 3 rings (SSSR count). The number of nitrogens with zero attached hydrogens (tertiary/aromatic N) is 2. The summed E-state index contributed by atoms with van der Waals surface area (Å²) in [7, 11) is 0. The van der Waals surface area contributed by atoms with E-state index in [1.54, 1.807) is 11.4 Å². The summed E-state index contributed by atoms with van der Waals surface area (Å²) in [5.74, 6) is -0.0552. The number of benzene rings is 1. The molecule has 0 aliphatic rings. The zero-order valence-corrected chi connectivity index (χ0v) is 10.9. The number of hydrogen-bond acceptors (Lipinski definition) is 5. The molecule has 7 heteroatoms. The molecule has 3 aromatic rings. The zero-order chi connectivity index (χ0) is 14.1. The van der Waals surface area contributed by atoms with E-state index in [0.717, 1.165) is 0 Å². The van der Waals surface area contributed by atoms with Crippen LogP contribution in [0.15, 0.2) is 40.5 Å². The lowest BCUT2D eigenvalue weighted by molar-refractivity contribution is 0.628. The van der Waals surface area contributed by atoms with Gasteiger partial charge >= 0.3 is 0 Å². The van der Waals surface area contributed by atoms with Crippen molar-refractivity contribution >= 4 is 16.3 Å². The molecule has 3 N–H and O–H groups in total. The van der Waals surface area contributed by atoms with E-state index in [2.05, 4.69) is 15.2 Å². The first-order chi connectivity index (χ1) is 9.65. The number of nitrogens with two attached hydrogens (primary N) is 1. The number of H-pyrrole nitrogens is 1. The second-order valence-corrected chi connectivity index (χ2v) is 5.00. The summed E-state index contributed by atoms with van der Waals surface area (Å²) in [5, 5.41) is 10.2. The minimum Gasteiger partial charge on any atom is -0.390 e. The van der Waals surface area contributed by atoms with Crippen molar-refractivity contribution in [1.82, 2.24) is 15.2 Å². The number of aromatic amines is 1. The number of aromatic nitrogens is 3. The zero-order valence-electron chi connectivity index (χ0n) is 10.1. The maximum atomic E-state index is 12.9. The quantitative estimate of drug-likeness (QED) is 0.757. The lowest BCUT2D eigenvalue weighted by atomic mass is 10.1. The molecule has 2 heterocycles. The third kappa shape index (κ3) is 2.19. The Morgan fingerprint density at radius 1 is 1.15 bits per heavy atom. The lowest BCUT2D eigenvalue weighted by Gasteiger charge is -2.01. The number of rotatable bonds is 2. The molecule has 20 heavy (non-hydrogen) atoms. The Hall–Kier alpha value is -2.54. The van der Waals surface area contributed by atoms with Crippen molar-refractivity contribution in [3.8, 4) is 22.6 Å². The van der Waals surface area contributed by atoms with Crippen LogP contribution < -0.4 is 11.3 Å². The van der Waals surface area contributed by atoms with Crippen molar-refractivity contribution in [1.29, 1.82) is 0 Å². The first kappa shape index (κ1) is 12.5. The Labute approximate surface area is 116 Å². The summed E-state index contributed by atoms with van der Waals surface area (Å²) >= 11 is 1.35. The molecule has 100 valence electrons. The minimum atomic E-state index is -0.396. The Morgan fingerprint density at radius 3 is 2.50 bits per heavy atom. The van der Waals surface area contributed by atoms with Crippen molar-refractivity contribution < 1.29 is 4.39 Å². The smallest absolute Gasteiger partial charge is 0.278 e. The maximum absolute atomic E-state index is 12.9. The highest BCUT2D eigenvalue weighted by Crippen LogP contribution is 2.27. The van der Waals surface area contributed by atoms with Gasteiger partial charge in [-0.15, -0.1) is 21.5 Å². The number of nitrogens with one attached hydrogen (secondary N) is 1. The van der Waals surface area contributed by atoms with E-state index in [9.17, 15) is 9.18 Å². The summed E-state index contributed by atoms with van der Waals surface area (Å²) in [6.45, 7) is 0. The fourth-order valence-electron chi connectivity index (χ4n) is 1.77. The lowest BCUT2D eigenvalue weighted by Crippen LogP contribution is -2.14. The van der Waals surface area contributed by atoms with Crippen LogP contribution in [-0.2, 0) is 0 Å². The van der Waals surface area contributed by atoms with Crippen LogP contribution >= 0.6 is 11.3 Å². The van der Waals surface area contributed by atoms with Crippen LogP contribution in [0.2, 0.25) is 0 Å². The molecule has 2 aromatic heterocycles. The third-order valence-corrected chi connectivity index (χ3v) is 3.51. The Bertz CT molecular complexity index is 810. The summed E-state index contributed by atoms with van der Waals surface area (Å²) in [6.07, 6.45) is 0. The fourth-order valence-corrected chi connectivity index (χ4v) is 2.41. The highest BCUT2D eigenvalue weighted by molar-refractivity contribution is 7.14. The van der Waals surface area contributed by atoms with Gasteiger partial charge in [0.15, 0.2) is 11.5 Å². The van der Waals surface area contributed by atoms with E-state index < -0.39 is 5.56 Å². The van der Waals surface area contributed by atoms with Gasteiger partial charge in [0.05, 0.1) is 10.6 Å². The van der Waals surface area contributed by atoms with Gasteiger partial charge in [-0.25, -0.2) is 4.39 Å². The van der Waals surface area contributed by atoms with Gasteiger partial charge in [-0.3, -0.25) is 4.79 Å². The number of anilines is 1. The Kier molecular flexibility index (Phi) is 3.03. The predicted molar refractivity (Wildman–Crippen MR) is 75.8 cm³/mol. The molecule has 0 fully saturated rings. The highest BCUT2D eigenvalue weighted by atomic mass is 32.1. The van der Waals surface area contributed by atoms with Gasteiger partial charge in [0.25, 0.3) is 5.56 Å². The number of nitrogen functional groups attached to an aromatic ring is 1. The van der Waals surface area contributed by atoms with Crippen LogP contribution in [0.25, 0.3) is 22.6 Å². The average Bonchev–Trinajstić information content (AvgIpc) is 2.86. The molecule has 0 aliphatic carbocycles. The number of thiophene rings is 1. The Morgan fingerprint density at radius 2 is 1.90 bits per heavy atom. The van der Waals surface area contributed by atoms with Crippen molar-refractivity contribution in [3.05, 3.63) is 51.9 Å². The van der Waals surface area contributed by atoms with E-state index in [0.29, 0.717) is 22.0 Å². The monoisotopic (exact) mass is 288 g/mol. The molecule has 0 atom stereocenters. The predicted octanol–water partition coefficient (Wildman–Crippen LogP) is 2.28. The van der Waals surface area contributed by atoms with Gasteiger partial charge in [-0.2, -0.15) is 0 Å². The second-order valence-electron chi connectivity index (χ2n) is 4.06. The van der Waals surface area contributed by atoms with Gasteiger partial charge in [-0.05, 0) is 35.7 Å². The first-order valence-electron chi connectivity index (χ1n) is 5.71. The molecule has 0 aliphatic heterocycles. The Balaban J connectivity index is 2.06. The molecule has 0 radical (unpaired) electrons. The topological polar surface area (TPSA) is 84.7 Å². The van der Waals surface area contributed by atoms with E-state index in [1.165, 1.54) is 35.6 Å². The molecule has 5 nitrogen and oxygen atoms in total. The van der Waals surface area contributed by atoms with Crippen LogP contribution in [0.4, 0.5) is 9.39 Å². The molecular formula is C13H9FN4OS. The fraction of sp³-hybridized carbons (Fsp3) is 0. The van der Waals surface area contributed by atoms with E-state index in [4.69, 9.17) is 5.73 Å². The summed E-state index contributed by atoms with van der Waals surface area (Å²) in [4.78, 5) is 14.7. The van der Waals surface area contributed by atoms with Gasteiger partial charge in [0.1, 0.15) is 5.82 Å². The molecule has 0 bridgehead atoms. The second kappa shape index (κ2) is 4.86. The normalized spacial score (nSPS) is 10.7. The van der Waals surface area contributed by atoms with Gasteiger partial charge < -0.3 is 10.7 Å². The van der Waals surface area contributed by atoms with E-state index in [-0.39, 0.29) is 11.5 Å². The average molecular weight is 288 g/mol. The van der Waals surface area contributed by atoms with Crippen LogP contribution in [-0.4, -0.2) is 15.2 Å². The number of hydrogen-bond donors (Lipinski definition) is 2. The molecule has 0 saturated heterocycles. The highest BCUT2D eigenvalue weighted by Gasteiger charge is 2.11. The van der Waals surface area contributed by atoms with E-state index in [1.807, 2.05) is 0 Å². The summed E-state index contributed by atoms with van der Waals surface area (Å²) < 4.78 is 12.9. The van der Waals surface area contributed by atoms with Crippen LogP contribution in [0, 0.1) is 5.82 Å². The molecule has 0 unspecified atom stereocenters. The molecule has 0 saturated carbocycles. The standard InChI is InChI=1S/C13H9FN4OS/c14-8-3-1-7(2-4-8)10-13(19)16-12(18-17-10)9-5-6-20-11(9)15/h1-6H,15H2,(H,16,18,19). The maximum Gasteiger partial charge on any atom is 0.278 e. The molecule has 0 amide bonds. The van der Waals surface area contributed by atoms with Crippen molar-refractivity contribution in [2.45, 2.75) is 0 Å². The minimum absolute atomic E-state index is 0.141. The number of halogens is 1. The van der Waals surface area contributed by atoms with Crippen molar-refractivity contribution in [3.63, 3.8) is 0 Å². The molecule has 1 aromatic carbocycles. The largest absolute Gasteiger partial charge is 0.390 e. The van der Waals surface area contributed by atoms with Crippen molar-refractivity contribution in [2.24, 2.45) is 0 Å². The first-order valence-corrected chi connectivity index (χ1v) is 6.59. The van der Waals surface area contributed by atoms with Gasteiger partial charge in [0.2, 0.25) is 0 Å². The van der Waals surface area contributed by atoms with Crippen molar-refractivity contribution in [2.75, 3.05) is 5.73 Å². The summed E-state index contributed by atoms with van der Waals surface area (Å²) in [5.41, 5.74) is 6.67. The third-order valence-electron chi connectivity index (χ3n) is 2.76. The van der Waals surface area contributed by atoms with Crippen LogP contribution in [0.5, 0.6) is 0 Å². The molecule has 0 spiro atoms. The molecular weight excluding hydrogens is 279 g/mol. The van der Waals surface area contributed by atoms with E-state index >= 15 is 0 Å². The van der Waals surface area contributed by atoms with Gasteiger partial charge in [-0.1, -0.05) is 0 Å². The van der Waals surface area contributed by atoms with Crippen LogP contribution in [0.3, 0.4) is 0 Å². The SMILES string of the molecule is Nc1sccc1-c1nnc(-c2ccc(F)cc2)c(=O)[nH]1. The van der Waals surface area contributed by atoms with Crippen LogP contribution in [0.1, 0.15) is 0 Å².